The minimum Gasteiger partial charge on any atom is -0.326 e. The molecule has 1 N–H and O–H groups in total. The van der Waals surface area contributed by atoms with Crippen LogP contribution in [0.15, 0.2) is 36.4 Å². The van der Waals surface area contributed by atoms with E-state index in [1.807, 2.05) is 31.2 Å². The minimum absolute atomic E-state index is 0.299. The van der Waals surface area contributed by atoms with Crippen molar-refractivity contribution in [2.45, 2.75) is 36.6 Å². The first-order valence-electron chi connectivity index (χ1n) is 8.96. The molecule has 2 aromatic rings. The molecule has 6 nitrogen and oxygen atoms in total. The number of carbonyl (C=O) groups excluding carboxylic acids is 2. The highest BCUT2D eigenvalue weighted by Crippen LogP contribution is 2.48. The predicted molar refractivity (Wildman–Crippen MR) is 103 cm³/mol. The van der Waals surface area contributed by atoms with Gasteiger partial charge in [-0.05, 0) is 43.0 Å². The van der Waals surface area contributed by atoms with Gasteiger partial charge in [0.1, 0.15) is 10.9 Å². The second-order valence-corrected chi connectivity index (χ2v) is 8.64. The maximum atomic E-state index is 13.1. The molecule has 1 saturated carbocycles. The van der Waals surface area contributed by atoms with Gasteiger partial charge in [-0.3, -0.25) is 9.69 Å². The fourth-order valence-electron chi connectivity index (χ4n) is 3.86. The van der Waals surface area contributed by atoms with Crippen LogP contribution in [0.2, 0.25) is 0 Å². The van der Waals surface area contributed by atoms with E-state index in [9.17, 15) is 14.9 Å². The summed E-state index contributed by atoms with van der Waals surface area (Å²) in [4.78, 5) is 27.9. The molecule has 0 spiro atoms. The molecule has 1 aliphatic carbocycles. The number of urea groups is 1. The summed E-state index contributed by atoms with van der Waals surface area (Å²) >= 11 is 1.27. The van der Waals surface area contributed by atoms with Crippen LogP contribution in [0.1, 0.15) is 46.6 Å². The van der Waals surface area contributed by atoms with Gasteiger partial charge in [-0.15, -0.1) is 11.3 Å². The molecule has 7 heteroatoms. The topological polar surface area (TPSA) is 97.0 Å². The van der Waals surface area contributed by atoms with Crippen molar-refractivity contribution >= 4 is 23.3 Å². The van der Waals surface area contributed by atoms with E-state index in [-0.39, 0.29) is 5.91 Å². The summed E-state index contributed by atoms with van der Waals surface area (Å²) in [6.07, 6.45) is 1.71. The van der Waals surface area contributed by atoms with Crippen molar-refractivity contribution in [3.63, 3.8) is 0 Å². The van der Waals surface area contributed by atoms with Gasteiger partial charge < -0.3 is 5.32 Å². The van der Waals surface area contributed by atoms with Crippen molar-refractivity contribution in [2.24, 2.45) is 0 Å². The number of carbonyl (C=O) groups is 2. The zero-order chi connectivity index (χ0) is 20.1. The number of rotatable bonds is 3. The predicted octanol–water partition coefficient (Wildman–Crippen LogP) is 3.36. The highest BCUT2D eigenvalue weighted by atomic mass is 32.1. The van der Waals surface area contributed by atoms with Crippen LogP contribution >= 0.6 is 11.3 Å². The largest absolute Gasteiger partial charge is 0.326 e. The fourth-order valence-corrected chi connectivity index (χ4v) is 4.80. The van der Waals surface area contributed by atoms with E-state index in [0.29, 0.717) is 4.88 Å². The van der Waals surface area contributed by atoms with E-state index in [0.717, 1.165) is 33.7 Å². The second kappa shape index (κ2) is 6.19. The Morgan fingerprint density at radius 2 is 1.82 bits per heavy atom. The average molecular weight is 390 g/mol. The van der Waals surface area contributed by atoms with Crippen LogP contribution in [0.3, 0.4) is 0 Å². The maximum absolute atomic E-state index is 13.1. The lowest BCUT2D eigenvalue weighted by atomic mass is 9.76. The molecular weight excluding hydrogens is 372 g/mol. The lowest BCUT2D eigenvalue weighted by Crippen LogP contribution is -2.62. The monoisotopic (exact) mass is 390 g/mol. The SMILES string of the molecule is CN1C(=O)N[C@](C)(c2ccc(C#N)s2)C(c2ccc(C3(C#N)CC3)cc2)C1=O. The molecule has 1 aliphatic heterocycles. The molecule has 4 rings (SSSR count). The van der Waals surface area contributed by atoms with Gasteiger partial charge in [-0.25, -0.2) is 4.79 Å². The highest BCUT2D eigenvalue weighted by molar-refractivity contribution is 7.12. The number of imide groups is 1. The Morgan fingerprint density at radius 1 is 1.14 bits per heavy atom. The van der Waals surface area contributed by atoms with Crippen LogP contribution in [0.4, 0.5) is 4.79 Å². The van der Waals surface area contributed by atoms with Crippen molar-refractivity contribution in [3.05, 3.63) is 57.3 Å². The summed E-state index contributed by atoms with van der Waals surface area (Å²) in [7, 11) is 1.46. The summed E-state index contributed by atoms with van der Waals surface area (Å²) in [6, 6.07) is 15.1. The number of nitriles is 2. The lowest BCUT2D eigenvalue weighted by Gasteiger charge is -2.43. The van der Waals surface area contributed by atoms with Crippen molar-refractivity contribution in [2.75, 3.05) is 7.05 Å². The van der Waals surface area contributed by atoms with E-state index < -0.39 is 22.9 Å². The minimum atomic E-state index is -0.964. The molecular formula is C21H18N4O2S. The average Bonchev–Trinajstić information content (AvgIpc) is 3.34. The van der Waals surface area contributed by atoms with Gasteiger partial charge in [0.15, 0.2) is 0 Å². The molecule has 2 atom stereocenters. The number of thiophene rings is 1. The number of nitrogens with one attached hydrogen (secondary N) is 1. The van der Waals surface area contributed by atoms with Gasteiger partial charge in [-0.1, -0.05) is 24.3 Å². The molecule has 2 fully saturated rings. The summed E-state index contributed by atoms with van der Waals surface area (Å²) in [5.41, 5.74) is 0.376. The van der Waals surface area contributed by atoms with Gasteiger partial charge in [0, 0.05) is 11.9 Å². The van der Waals surface area contributed by atoms with Gasteiger partial charge in [0.05, 0.1) is 22.9 Å². The zero-order valence-electron chi connectivity index (χ0n) is 15.5. The normalized spacial score (nSPS) is 25.6. The van der Waals surface area contributed by atoms with Crippen LogP contribution in [0.25, 0.3) is 0 Å². The highest BCUT2D eigenvalue weighted by Gasteiger charge is 2.50. The lowest BCUT2D eigenvalue weighted by molar-refractivity contribution is -0.132. The molecule has 2 aliphatic rings. The van der Waals surface area contributed by atoms with Crippen LogP contribution in [0, 0.1) is 22.7 Å². The molecule has 1 aromatic heterocycles. The molecule has 0 radical (unpaired) electrons. The zero-order valence-corrected chi connectivity index (χ0v) is 16.3. The van der Waals surface area contributed by atoms with E-state index in [2.05, 4.69) is 17.5 Å². The van der Waals surface area contributed by atoms with Gasteiger partial charge in [0.25, 0.3) is 0 Å². The molecule has 1 saturated heterocycles. The Kier molecular flexibility index (Phi) is 4.02. The van der Waals surface area contributed by atoms with Crippen molar-refractivity contribution < 1.29 is 9.59 Å². The number of hydrogen-bond acceptors (Lipinski definition) is 5. The van der Waals surface area contributed by atoms with Crippen LogP contribution in [0.5, 0.6) is 0 Å². The smallest absolute Gasteiger partial charge is 0.324 e. The summed E-state index contributed by atoms with van der Waals surface area (Å²) in [5, 5.41) is 21.5. The van der Waals surface area contributed by atoms with Crippen LogP contribution < -0.4 is 5.32 Å². The van der Waals surface area contributed by atoms with Crippen molar-refractivity contribution in [1.29, 1.82) is 10.5 Å². The van der Waals surface area contributed by atoms with E-state index in [4.69, 9.17) is 5.26 Å². The molecule has 140 valence electrons. The quantitative estimate of drug-likeness (QED) is 0.869. The first-order chi connectivity index (χ1) is 13.3. The fraction of sp³-hybridized carbons (Fsp3) is 0.333. The Morgan fingerprint density at radius 3 is 2.36 bits per heavy atom. The number of benzene rings is 1. The third-order valence-corrected chi connectivity index (χ3v) is 7.04. The number of nitrogens with zero attached hydrogens (tertiary/aromatic N) is 3. The maximum Gasteiger partial charge on any atom is 0.324 e. The summed E-state index contributed by atoms with van der Waals surface area (Å²) in [6.45, 7) is 1.82. The van der Waals surface area contributed by atoms with Gasteiger partial charge >= 0.3 is 6.03 Å². The van der Waals surface area contributed by atoms with E-state index in [1.54, 1.807) is 12.1 Å². The van der Waals surface area contributed by atoms with Gasteiger partial charge in [-0.2, -0.15) is 10.5 Å². The Labute approximate surface area is 167 Å². The van der Waals surface area contributed by atoms with E-state index in [1.165, 1.54) is 18.4 Å². The van der Waals surface area contributed by atoms with Crippen LogP contribution in [-0.4, -0.2) is 23.9 Å². The van der Waals surface area contributed by atoms with Gasteiger partial charge in [0.2, 0.25) is 5.91 Å². The second-order valence-electron chi connectivity index (χ2n) is 7.55. The molecule has 3 amide bonds. The summed E-state index contributed by atoms with van der Waals surface area (Å²) in [5.74, 6) is -0.931. The number of likely N-dealkylation sites (N-methyl/N-ethyl adjacent to an activating group) is 1. The first kappa shape index (κ1) is 18.2. The third-order valence-electron chi connectivity index (χ3n) is 5.81. The molecule has 1 unspecified atom stereocenters. The van der Waals surface area contributed by atoms with Crippen LogP contribution in [-0.2, 0) is 15.7 Å². The first-order valence-corrected chi connectivity index (χ1v) is 9.78. The van der Waals surface area contributed by atoms with Crippen molar-refractivity contribution in [1.82, 2.24) is 10.2 Å². The molecule has 1 aromatic carbocycles. The van der Waals surface area contributed by atoms with E-state index >= 15 is 0 Å². The molecule has 2 heterocycles. The number of hydrogen-bond donors (Lipinski definition) is 1. The Hall–Kier alpha value is -3.16. The Bertz CT molecular complexity index is 1060. The van der Waals surface area contributed by atoms with Crippen molar-refractivity contribution in [3.8, 4) is 12.1 Å². The molecule has 0 bridgehead atoms. The third kappa shape index (κ3) is 2.59. The molecule has 28 heavy (non-hydrogen) atoms. The summed E-state index contributed by atoms with van der Waals surface area (Å²) < 4.78 is 0. The Balaban J connectivity index is 1.79. The standard InChI is InChI=1S/C21H18N4O2S/c1-20(16-8-7-15(11-22)28-16)17(18(26)25(2)19(27)24-20)13-3-5-14(6-4-13)21(12-23)9-10-21/h3-8,17H,9-10H2,1-2H3,(H,24,27)/t17?,20-/m1/s1. The number of amides is 3.